The van der Waals surface area contributed by atoms with Crippen LogP contribution in [0.2, 0.25) is 0 Å². The summed E-state index contributed by atoms with van der Waals surface area (Å²) in [6, 6.07) is 5.99. The molecule has 0 unspecified atom stereocenters. The van der Waals surface area contributed by atoms with Crippen LogP contribution in [0.1, 0.15) is 22.6 Å². The summed E-state index contributed by atoms with van der Waals surface area (Å²) in [7, 11) is 0. The number of H-pyrrole nitrogens is 2. The number of hydrogen-bond donors (Lipinski definition) is 2. The zero-order chi connectivity index (χ0) is 15.3. The Morgan fingerprint density at radius 3 is 2.91 bits per heavy atom. The van der Waals surface area contributed by atoms with E-state index in [9.17, 15) is 9.59 Å². The minimum Gasteiger partial charge on any atom is -0.310 e. The molecular formula is C15H15N5O2. The van der Waals surface area contributed by atoms with Crippen molar-refractivity contribution in [3.05, 3.63) is 67.9 Å². The summed E-state index contributed by atoms with van der Waals surface area (Å²) >= 11 is 0. The van der Waals surface area contributed by atoms with Crippen LogP contribution in [0.15, 0.2) is 34.0 Å². The van der Waals surface area contributed by atoms with Crippen LogP contribution in [0, 0.1) is 6.92 Å². The van der Waals surface area contributed by atoms with Gasteiger partial charge in [0.15, 0.2) is 0 Å². The van der Waals surface area contributed by atoms with Crippen LogP contribution >= 0.6 is 0 Å². The predicted molar refractivity (Wildman–Crippen MR) is 80.6 cm³/mol. The number of aryl methyl sites for hydroxylation is 1. The fourth-order valence-electron chi connectivity index (χ4n) is 2.98. The minimum absolute atomic E-state index is 0.299. The highest BCUT2D eigenvalue weighted by Gasteiger charge is 2.23. The zero-order valence-corrected chi connectivity index (χ0v) is 12.1. The Balaban J connectivity index is 1.62. The second-order valence-corrected chi connectivity index (χ2v) is 5.64. The molecule has 7 nitrogen and oxygen atoms in total. The van der Waals surface area contributed by atoms with E-state index in [2.05, 4.69) is 19.9 Å². The number of pyridine rings is 1. The van der Waals surface area contributed by atoms with Gasteiger partial charge >= 0.3 is 5.69 Å². The second-order valence-electron chi connectivity index (χ2n) is 5.64. The molecule has 4 heterocycles. The molecule has 3 aromatic rings. The van der Waals surface area contributed by atoms with Gasteiger partial charge in [-0.05, 0) is 19.1 Å². The monoisotopic (exact) mass is 297 g/mol. The van der Waals surface area contributed by atoms with Crippen LogP contribution in [0.5, 0.6) is 0 Å². The third-order valence-electron chi connectivity index (χ3n) is 4.02. The quantitative estimate of drug-likeness (QED) is 0.722. The Morgan fingerprint density at radius 1 is 1.23 bits per heavy atom. The molecule has 1 aliphatic heterocycles. The fourth-order valence-corrected chi connectivity index (χ4v) is 2.98. The van der Waals surface area contributed by atoms with Gasteiger partial charge in [0.1, 0.15) is 5.65 Å². The van der Waals surface area contributed by atoms with Gasteiger partial charge in [-0.15, -0.1) is 0 Å². The molecule has 0 saturated heterocycles. The lowest BCUT2D eigenvalue weighted by Gasteiger charge is -2.11. The van der Waals surface area contributed by atoms with Crippen molar-refractivity contribution in [1.29, 1.82) is 0 Å². The molecule has 3 aromatic heterocycles. The summed E-state index contributed by atoms with van der Waals surface area (Å²) in [6.07, 6.45) is 2.01. The van der Waals surface area contributed by atoms with Gasteiger partial charge in [0.2, 0.25) is 0 Å². The molecule has 0 radical (unpaired) electrons. The van der Waals surface area contributed by atoms with E-state index in [0.717, 1.165) is 17.0 Å². The van der Waals surface area contributed by atoms with Gasteiger partial charge in [-0.1, -0.05) is 6.07 Å². The largest absolute Gasteiger partial charge is 0.325 e. The third kappa shape index (κ3) is 2.06. The van der Waals surface area contributed by atoms with E-state index < -0.39 is 5.69 Å². The van der Waals surface area contributed by atoms with Crippen molar-refractivity contribution in [2.75, 3.05) is 0 Å². The Morgan fingerprint density at radius 2 is 2.09 bits per heavy atom. The van der Waals surface area contributed by atoms with E-state index in [1.54, 1.807) is 0 Å². The third-order valence-corrected chi connectivity index (χ3v) is 4.02. The van der Waals surface area contributed by atoms with Crippen molar-refractivity contribution < 1.29 is 0 Å². The highest BCUT2D eigenvalue weighted by atomic mass is 16.2. The fraction of sp³-hybridized carbons (Fsp3) is 0.267. The molecule has 4 rings (SSSR count). The first kappa shape index (κ1) is 13.0. The molecule has 7 heteroatoms. The molecule has 0 aromatic carbocycles. The molecule has 0 fully saturated rings. The molecule has 112 valence electrons. The van der Waals surface area contributed by atoms with Crippen molar-refractivity contribution in [3.8, 4) is 0 Å². The average molecular weight is 297 g/mol. The van der Waals surface area contributed by atoms with Gasteiger partial charge in [0.25, 0.3) is 5.56 Å². The van der Waals surface area contributed by atoms with E-state index in [0.29, 0.717) is 30.9 Å². The Labute approximate surface area is 125 Å². The summed E-state index contributed by atoms with van der Waals surface area (Å²) in [5.41, 5.74) is 3.58. The molecule has 0 amide bonds. The molecule has 1 aliphatic rings. The maximum atomic E-state index is 11.8. The zero-order valence-electron chi connectivity index (χ0n) is 12.1. The number of aromatic nitrogens is 4. The molecule has 0 saturated carbocycles. The first-order chi connectivity index (χ1) is 10.6. The Kier molecular flexibility index (Phi) is 2.77. The van der Waals surface area contributed by atoms with E-state index in [1.807, 2.05) is 35.7 Å². The van der Waals surface area contributed by atoms with E-state index in [1.165, 1.54) is 0 Å². The Bertz CT molecular complexity index is 981. The van der Waals surface area contributed by atoms with Gasteiger partial charge < -0.3 is 9.38 Å². The van der Waals surface area contributed by atoms with Crippen LogP contribution in [0.3, 0.4) is 0 Å². The van der Waals surface area contributed by atoms with E-state index in [-0.39, 0.29) is 5.56 Å². The van der Waals surface area contributed by atoms with E-state index in [4.69, 9.17) is 0 Å². The topological polar surface area (TPSA) is 86.3 Å². The molecule has 0 aliphatic carbocycles. The van der Waals surface area contributed by atoms with Crippen molar-refractivity contribution >= 4 is 5.65 Å². The van der Waals surface area contributed by atoms with Crippen LogP contribution in [0.4, 0.5) is 0 Å². The van der Waals surface area contributed by atoms with Gasteiger partial charge in [-0.2, -0.15) is 0 Å². The Hall–Kier alpha value is -2.67. The predicted octanol–water partition coefficient (Wildman–Crippen LogP) is 0.535. The summed E-state index contributed by atoms with van der Waals surface area (Å²) in [5, 5.41) is 0. The maximum absolute atomic E-state index is 11.8. The van der Waals surface area contributed by atoms with E-state index >= 15 is 0 Å². The number of fused-ring (bicyclic) bond motifs is 2. The van der Waals surface area contributed by atoms with Crippen molar-refractivity contribution in [2.24, 2.45) is 0 Å². The first-order valence-corrected chi connectivity index (χ1v) is 7.10. The lowest BCUT2D eigenvalue weighted by atomic mass is 10.3. The van der Waals surface area contributed by atoms with Crippen molar-refractivity contribution in [1.82, 2.24) is 24.3 Å². The second kappa shape index (κ2) is 4.67. The number of nitrogens with zero attached hydrogens (tertiary/aromatic N) is 3. The highest BCUT2D eigenvalue weighted by Crippen LogP contribution is 2.19. The summed E-state index contributed by atoms with van der Waals surface area (Å²) in [6.45, 7) is 3.75. The van der Waals surface area contributed by atoms with Crippen molar-refractivity contribution in [2.45, 2.75) is 26.6 Å². The van der Waals surface area contributed by atoms with Gasteiger partial charge in [-0.25, -0.2) is 9.78 Å². The summed E-state index contributed by atoms with van der Waals surface area (Å²) in [4.78, 5) is 34.8. The SMILES string of the molecule is Cc1cccc2nc(CN3Cc4[nH]c(=O)[nH]c(=O)c4C3)cn12. The standard InChI is InChI=1S/C15H15N5O2/c1-9-3-2-4-13-16-10(6-20(9)13)5-19-7-11-12(8-19)17-15(22)18-14(11)21/h2-4,6H,5,7-8H2,1H3,(H2,17,18,21,22). The normalized spacial score (nSPS) is 14.6. The van der Waals surface area contributed by atoms with Crippen LogP contribution in [-0.2, 0) is 19.6 Å². The average Bonchev–Trinajstić information content (AvgIpc) is 3.03. The van der Waals surface area contributed by atoms with Crippen LogP contribution < -0.4 is 11.2 Å². The number of rotatable bonds is 2. The summed E-state index contributed by atoms with van der Waals surface area (Å²) < 4.78 is 2.05. The molecule has 0 atom stereocenters. The highest BCUT2D eigenvalue weighted by molar-refractivity contribution is 5.41. The molecular weight excluding hydrogens is 282 g/mol. The number of imidazole rings is 1. The molecule has 0 bridgehead atoms. The number of hydrogen-bond acceptors (Lipinski definition) is 4. The van der Waals surface area contributed by atoms with Crippen molar-refractivity contribution in [3.63, 3.8) is 0 Å². The lowest BCUT2D eigenvalue weighted by molar-refractivity contribution is 0.270. The van der Waals surface area contributed by atoms with Gasteiger partial charge in [0, 0.05) is 37.2 Å². The molecule has 0 spiro atoms. The minimum atomic E-state index is -0.450. The molecule has 2 N–H and O–H groups in total. The van der Waals surface area contributed by atoms with Crippen LogP contribution in [0.25, 0.3) is 5.65 Å². The smallest absolute Gasteiger partial charge is 0.310 e. The van der Waals surface area contributed by atoms with Crippen LogP contribution in [-0.4, -0.2) is 24.3 Å². The van der Waals surface area contributed by atoms with Gasteiger partial charge in [-0.3, -0.25) is 14.7 Å². The maximum Gasteiger partial charge on any atom is 0.325 e. The molecule has 22 heavy (non-hydrogen) atoms. The first-order valence-electron chi connectivity index (χ1n) is 7.10. The lowest BCUT2D eigenvalue weighted by Crippen LogP contribution is -2.25. The summed E-state index contributed by atoms with van der Waals surface area (Å²) in [5.74, 6) is 0. The number of nitrogens with one attached hydrogen (secondary N) is 2. The number of aromatic amines is 2. The van der Waals surface area contributed by atoms with Gasteiger partial charge in [0.05, 0.1) is 11.3 Å².